The van der Waals surface area contributed by atoms with Gasteiger partial charge in [0.2, 0.25) is 11.3 Å². The first-order valence-corrected chi connectivity index (χ1v) is 4.28. The summed E-state index contributed by atoms with van der Waals surface area (Å²) in [4.78, 5) is 2.95. The van der Waals surface area contributed by atoms with Crippen molar-refractivity contribution < 1.29 is 13.6 Å². The van der Waals surface area contributed by atoms with Crippen molar-refractivity contribution in [2.24, 2.45) is 0 Å². The molecule has 0 saturated carbocycles. The second-order valence-electron chi connectivity index (χ2n) is 2.11. The van der Waals surface area contributed by atoms with Crippen molar-refractivity contribution in [2.45, 2.75) is 6.04 Å². The summed E-state index contributed by atoms with van der Waals surface area (Å²) < 4.78 is 21.1. The molecule has 0 saturated heterocycles. The van der Waals surface area contributed by atoms with E-state index in [1.807, 2.05) is 0 Å². The summed E-state index contributed by atoms with van der Waals surface area (Å²) in [7, 11) is 0. The minimum Gasteiger partial charge on any atom is -0.361 e. The smallest absolute Gasteiger partial charge is 0.313 e. The van der Waals surface area contributed by atoms with Gasteiger partial charge in [-0.2, -0.15) is 9.51 Å². The summed E-state index contributed by atoms with van der Waals surface area (Å²) in [6, 6.07) is -0.508. The Morgan fingerprint density at radius 2 is 2.42 bits per heavy atom. The molecule has 0 aromatic heterocycles. The van der Waals surface area contributed by atoms with Gasteiger partial charge in [-0.3, -0.25) is 4.55 Å². The normalized spacial score (nSPS) is 23.8. The standard InChI is InChI=1S/C6H7N3O2S/c7-8-5-3-1-2-4-6(5)9-12(10)11/h1-4,6,9H,(H,10,11). The zero-order chi connectivity index (χ0) is 8.97. The van der Waals surface area contributed by atoms with Gasteiger partial charge >= 0.3 is 5.71 Å². The number of hydrogen-bond donors (Lipinski definition) is 2. The van der Waals surface area contributed by atoms with Crippen molar-refractivity contribution in [3.8, 4) is 0 Å². The van der Waals surface area contributed by atoms with E-state index in [9.17, 15) is 4.21 Å². The van der Waals surface area contributed by atoms with E-state index in [1.165, 1.54) is 0 Å². The average molecular weight is 185 g/mol. The van der Waals surface area contributed by atoms with E-state index in [4.69, 9.17) is 10.1 Å². The van der Waals surface area contributed by atoms with Gasteiger partial charge in [-0.15, -0.1) is 0 Å². The summed E-state index contributed by atoms with van der Waals surface area (Å²) in [5, 5.41) is 0. The maximum absolute atomic E-state index is 10.3. The number of hydrogen-bond acceptors (Lipinski definition) is 1. The first-order chi connectivity index (χ1) is 5.74. The van der Waals surface area contributed by atoms with Crippen LogP contribution in [0.1, 0.15) is 0 Å². The highest BCUT2D eigenvalue weighted by Crippen LogP contribution is 1.98. The molecule has 0 fully saturated rings. The molecular weight excluding hydrogens is 178 g/mol. The Morgan fingerprint density at radius 3 is 3.00 bits per heavy atom. The lowest BCUT2D eigenvalue weighted by Crippen LogP contribution is -2.36. The van der Waals surface area contributed by atoms with E-state index < -0.39 is 17.3 Å². The van der Waals surface area contributed by atoms with Crippen LogP contribution in [0.4, 0.5) is 0 Å². The molecule has 1 aliphatic carbocycles. The topological polar surface area (TPSA) is 85.7 Å². The van der Waals surface area contributed by atoms with Gasteiger partial charge in [-0.05, 0) is 0 Å². The lowest BCUT2D eigenvalue weighted by molar-refractivity contribution is -0.00707. The van der Waals surface area contributed by atoms with Gasteiger partial charge in [-0.1, -0.05) is 18.2 Å². The Kier molecular flexibility index (Phi) is 3.07. The molecule has 2 atom stereocenters. The largest absolute Gasteiger partial charge is 0.361 e. The van der Waals surface area contributed by atoms with Crippen molar-refractivity contribution >= 4 is 17.0 Å². The van der Waals surface area contributed by atoms with Crippen LogP contribution in [-0.4, -0.2) is 25.3 Å². The second kappa shape index (κ2) is 4.08. The Balaban J connectivity index is 2.76. The Morgan fingerprint density at radius 1 is 1.67 bits per heavy atom. The minimum absolute atomic E-state index is 0.305. The number of nitrogens with one attached hydrogen (secondary N) is 1. The Bertz CT molecular complexity index is 304. The zero-order valence-corrected chi connectivity index (χ0v) is 6.86. The maximum atomic E-state index is 10.3. The molecule has 6 heteroatoms. The zero-order valence-electron chi connectivity index (χ0n) is 6.04. The number of nitrogens with zero attached hydrogens (tertiary/aromatic N) is 2. The van der Waals surface area contributed by atoms with E-state index in [1.54, 1.807) is 24.3 Å². The molecule has 5 nitrogen and oxygen atoms in total. The van der Waals surface area contributed by atoms with E-state index in [-0.39, 0.29) is 0 Å². The summed E-state index contributed by atoms with van der Waals surface area (Å²) in [6.45, 7) is 0. The molecule has 0 amide bonds. The summed E-state index contributed by atoms with van der Waals surface area (Å²) in [6.07, 6.45) is 6.53. The van der Waals surface area contributed by atoms with Crippen LogP contribution in [0.5, 0.6) is 0 Å². The fraction of sp³-hybridized carbons (Fsp3) is 0.167. The molecule has 0 aromatic rings. The molecule has 0 spiro atoms. The summed E-state index contributed by atoms with van der Waals surface area (Å²) in [5.41, 5.74) is 8.76. The molecule has 0 aliphatic heterocycles. The van der Waals surface area contributed by atoms with Gasteiger partial charge in [0.05, 0.1) is 0 Å². The summed E-state index contributed by atoms with van der Waals surface area (Å²) in [5.74, 6) is 0. The number of allylic oxidation sites excluding steroid dienone is 2. The van der Waals surface area contributed by atoms with Crippen LogP contribution < -0.4 is 4.72 Å². The van der Waals surface area contributed by atoms with Crippen molar-refractivity contribution in [2.75, 3.05) is 0 Å². The molecule has 0 bridgehead atoms. The molecule has 0 radical (unpaired) electrons. The van der Waals surface area contributed by atoms with Crippen molar-refractivity contribution in [3.05, 3.63) is 29.8 Å². The van der Waals surface area contributed by atoms with E-state index >= 15 is 0 Å². The highest BCUT2D eigenvalue weighted by atomic mass is 32.2. The van der Waals surface area contributed by atoms with E-state index in [0.29, 0.717) is 5.71 Å². The van der Waals surface area contributed by atoms with E-state index in [0.717, 1.165) is 0 Å². The molecule has 0 aromatic carbocycles. The van der Waals surface area contributed by atoms with Crippen LogP contribution in [0, 0.1) is 0 Å². The Labute approximate surface area is 71.8 Å². The molecule has 64 valence electrons. The highest BCUT2D eigenvalue weighted by Gasteiger charge is 2.20. The highest BCUT2D eigenvalue weighted by molar-refractivity contribution is 7.77. The molecule has 2 N–H and O–H groups in total. The monoisotopic (exact) mass is 185 g/mol. The van der Waals surface area contributed by atoms with Crippen LogP contribution in [0.3, 0.4) is 0 Å². The molecule has 0 heterocycles. The fourth-order valence-electron chi connectivity index (χ4n) is 0.835. The van der Waals surface area contributed by atoms with Gasteiger partial charge in [-0.25, -0.2) is 4.21 Å². The van der Waals surface area contributed by atoms with Gasteiger partial charge < -0.3 is 5.53 Å². The van der Waals surface area contributed by atoms with Crippen LogP contribution in [0.2, 0.25) is 0 Å². The van der Waals surface area contributed by atoms with Crippen LogP contribution in [0.15, 0.2) is 24.3 Å². The maximum Gasteiger partial charge on any atom is 0.313 e. The molecular formula is C6H7N3O2S. The van der Waals surface area contributed by atoms with E-state index in [2.05, 4.69) is 9.51 Å². The van der Waals surface area contributed by atoms with Gasteiger partial charge in [0, 0.05) is 6.08 Å². The third-order valence-electron chi connectivity index (χ3n) is 1.34. The molecule has 2 unspecified atom stereocenters. The predicted octanol–water partition coefficient (Wildman–Crippen LogP) is -0.122. The number of rotatable bonds is 2. The average Bonchev–Trinajstić information content (AvgIpc) is 2.04. The molecule has 12 heavy (non-hydrogen) atoms. The lowest BCUT2D eigenvalue weighted by Gasteiger charge is -2.06. The van der Waals surface area contributed by atoms with Gasteiger partial charge in [0.1, 0.15) is 6.04 Å². The quantitative estimate of drug-likeness (QED) is 0.357. The third kappa shape index (κ3) is 2.21. The second-order valence-corrected chi connectivity index (χ2v) is 2.85. The first-order valence-electron chi connectivity index (χ1n) is 3.18. The third-order valence-corrected chi connectivity index (χ3v) is 1.80. The minimum atomic E-state index is -2.11. The fourth-order valence-corrected chi connectivity index (χ4v) is 1.25. The lowest BCUT2D eigenvalue weighted by atomic mass is 10.1. The first kappa shape index (κ1) is 9.02. The SMILES string of the molecule is [N-]=[N+]=C1C=CC=CC1NS(=O)O. The molecule has 1 rings (SSSR count). The van der Waals surface area contributed by atoms with Crippen LogP contribution >= 0.6 is 0 Å². The van der Waals surface area contributed by atoms with Crippen molar-refractivity contribution in [1.29, 1.82) is 0 Å². The van der Waals surface area contributed by atoms with Gasteiger partial charge in [0.15, 0.2) is 0 Å². The van der Waals surface area contributed by atoms with Crippen molar-refractivity contribution in [3.63, 3.8) is 0 Å². The predicted molar refractivity (Wildman–Crippen MR) is 44.6 cm³/mol. The van der Waals surface area contributed by atoms with Crippen molar-refractivity contribution in [1.82, 2.24) is 4.72 Å². The van der Waals surface area contributed by atoms with Crippen LogP contribution in [-0.2, 0) is 11.3 Å². The Hall–Kier alpha value is -1.07. The van der Waals surface area contributed by atoms with Crippen LogP contribution in [0.25, 0.3) is 5.53 Å². The summed E-state index contributed by atoms with van der Waals surface area (Å²) >= 11 is -2.11. The molecule has 1 aliphatic rings. The van der Waals surface area contributed by atoms with Gasteiger partial charge in [0.25, 0.3) is 0 Å².